The molecule has 1 nitrogen and oxygen atoms in total. The Hall–Kier alpha value is -1.60. The van der Waals surface area contributed by atoms with E-state index in [4.69, 9.17) is 0 Å². The highest BCUT2D eigenvalue weighted by Gasteiger charge is 2.32. The molecule has 1 N–H and O–H groups in total. The number of nitrogens with one attached hydrogen (secondary N) is 1. The van der Waals surface area contributed by atoms with Crippen LogP contribution in [0.15, 0.2) is 48.5 Å². The zero-order valence-electron chi connectivity index (χ0n) is 15.0. The zero-order chi connectivity index (χ0) is 16.5. The Labute approximate surface area is 146 Å². The lowest BCUT2D eigenvalue weighted by Gasteiger charge is -2.38. The van der Waals surface area contributed by atoms with Crippen LogP contribution in [0.4, 0.5) is 0 Å². The number of hydrogen-bond acceptors (Lipinski definition) is 1. The second-order valence-corrected chi connectivity index (χ2v) is 8.05. The Kier molecular flexibility index (Phi) is 4.45. The summed E-state index contributed by atoms with van der Waals surface area (Å²) in [4.78, 5) is 0. The first-order chi connectivity index (χ1) is 11.7. The molecule has 2 fully saturated rings. The molecule has 0 saturated heterocycles. The van der Waals surface area contributed by atoms with E-state index in [1.807, 2.05) is 0 Å². The van der Waals surface area contributed by atoms with Crippen LogP contribution >= 0.6 is 0 Å². The van der Waals surface area contributed by atoms with Crippen LogP contribution in [0.2, 0.25) is 0 Å². The fourth-order valence-corrected chi connectivity index (χ4v) is 4.06. The third-order valence-corrected chi connectivity index (χ3v) is 5.79. The monoisotopic (exact) mass is 319 g/mol. The quantitative estimate of drug-likeness (QED) is 0.717. The maximum Gasteiger partial charge on any atom is 0.0208 e. The second-order valence-electron chi connectivity index (χ2n) is 8.05. The Morgan fingerprint density at radius 1 is 0.958 bits per heavy atom. The standard InChI is InChI=1S/C23H29N/c1-16(2)22-8-3-4-9-23(22)20-13-19(14-20)18-7-5-6-17(12-18)15-24-21-10-11-21/h3-9,12,16,19-21,24H,10-11,13-15H2,1-2H3. The molecule has 2 saturated carbocycles. The molecule has 1 heteroatoms. The van der Waals surface area contributed by atoms with Crippen molar-refractivity contribution in [2.45, 2.75) is 69.9 Å². The van der Waals surface area contributed by atoms with Gasteiger partial charge in [0, 0.05) is 12.6 Å². The molecule has 0 radical (unpaired) electrons. The largest absolute Gasteiger partial charge is 0.310 e. The van der Waals surface area contributed by atoms with Gasteiger partial charge in [-0.1, -0.05) is 62.4 Å². The van der Waals surface area contributed by atoms with E-state index in [0.29, 0.717) is 5.92 Å². The van der Waals surface area contributed by atoms with E-state index in [0.717, 1.165) is 24.4 Å². The number of hydrogen-bond donors (Lipinski definition) is 1. The molecule has 2 aromatic carbocycles. The summed E-state index contributed by atoms with van der Waals surface area (Å²) in [7, 11) is 0. The van der Waals surface area contributed by atoms with Gasteiger partial charge >= 0.3 is 0 Å². The van der Waals surface area contributed by atoms with Gasteiger partial charge in [-0.25, -0.2) is 0 Å². The van der Waals surface area contributed by atoms with Crippen molar-refractivity contribution in [1.29, 1.82) is 0 Å². The molecule has 4 rings (SSSR count). The van der Waals surface area contributed by atoms with E-state index in [2.05, 4.69) is 67.7 Å². The summed E-state index contributed by atoms with van der Waals surface area (Å²) in [6, 6.07) is 19.1. The van der Waals surface area contributed by atoms with Crippen LogP contribution in [-0.4, -0.2) is 6.04 Å². The van der Waals surface area contributed by atoms with Crippen LogP contribution in [0.3, 0.4) is 0 Å². The molecular weight excluding hydrogens is 290 g/mol. The second kappa shape index (κ2) is 6.72. The fourth-order valence-electron chi connectivity index (χ4n) is 4.06. The van der Waals surface area contributed by atoms with E-state index in [1.54, 1.807) is 16.7 Å². The molecule has 0 spiro atoms. The summed E-state index contributed by atoms with van der Waals surface area (Å²) >= 11 is 0. The Balaban J connectivity index is 1.41. The average molecular weight is 319 g/mol. The first-order valence-electron chi connectivity index (χ1n) is 9.61. The molecule has 0 unspecified atom stereocenters. The molecule has 24 heavy (non-hydrogen) atoms. The molecule has 0 amide bonds. The van der Waals surface area contributed by atoms with Gasteiger partial charge in [0.2, 0.25) is 0 Å². The van der Waals surface area contributed by atoms with Crippen molar-refractivity contribution < 1.29 is 0 Å². The molecule has 2 aliphatic carbocycles. The van der Waals surface area contributed by atoms with Crippen molar-refractivity contribution in [3.8, 4) is 0 Å². The van der Waals surface area contributed by atoms with Crippen LogP contribution < -0.4 is 5.32 Å². The van der Waals surface area contributed by atoms with E-state index in [1.165, 1.54) is 31.2 Å². The van der Waals surface area contributed by atoms with E-state index < -0.39 is 0 Å². The minimum absolute atomic E-state index is 0.622. The normalized spacial score (nSPS) is 23.3. The molecule has 2 aromatic rings. The molecule has 0 aromatic heterocycles. The van der Waals surface area contributed by atoms with Crippen molar-refractivity contribution >= 4 is 0 Å². The highest BCUT2D eigenvalue weighted by Crippen LogP contribution is 2.49. The van der Waals surface area contributed by atoms with Gasteiger partial charge in [-0.3, -0.25) is 0 Å². The third kappa shape index (κ3) is 3.42. The smallest absolute Gasteiger partial charge is 0.0208 e. The predicted octanol–water partition coefficient (Wildman–Crippen LogP) is 5.72. The molecule has 0 atom stereocenters. The van der Waals surface area contributed by atoms with Gasteiger partial charge < -0.3 is 5.32 Å². The maximum absolute atomic E-state index is 3.63. The summed E-state index contributed by atoms with van der Waals surface area (Å²) < 4.78 is 0. The molecule has 0 aliphatic heterocycles. The number of rotatable bonds is 6. The lowest BCUT2D eigenvalue weighted by atomic mass is 9.67. The lowest BCUT2D eigenvalue weighted by Crippen LogP contribution is -2.22. The average Bonchev–Trinajstić information content (AvgIpc) is 3.37. The number of benzene rings is 2. The highest BCUT2D eigenvalue weighted by atomic mass is 14.9. The zero-order valence-corrected chi connectivity index (χ0v) is 15.0. The van der Waals surface area contributed by atoms with Crippen molar-refractivity contribution in [3.05, 3.63) is 70.8 Å². The van der Waals surface area contributed by atoms with Crippen LogP contribution in [0, 0.1) is 0 Å². The van der Waals surface area contributed by atoms with Crippen molar-refractivity contribution in [1.82, 2.24) is 5.32 Å². The van der Waals surface area contributed by atoms with E-state index in [9.17, 15) is 0 Å². The van der Waals surface area contributed by atoms with Gasteiger partial charge in [0.25, 0.3) is 0 Å². The summed E-state index contributed by atoms with van der Waals surface area (Å²) in [5.41, 5.74) is 6.13. The summed E-state index contributed by atoms with van der Waals surface area (Å²) in [5.74, 6) is 2.12. The van der Waals surface area contributed by atoms with Crippen LogP contribution in [-0.2, 0) is 6.54 Å². The summed E-state index contributed by atoms with van der Waals surface area (Å²) in [6.45, 7) is 5.65. The van der Waals surface area contributed by atoms with Crippen LogP contribution in [0.25, 0.3) is 0 Å². The maximum atomic E-state index is 3.63. The Morgan fingerprint density at radius 3 is 2.50 bits per heavy atom. The molecule has 2 aliphatic rings. The molecule has 0 bridgehead atoms. The molecule has 126 valence electrons. The minimum atomic E-state index is 0.622. The van der Waals surface area contributed by atoms with Gasteiger partial charge in [0.15, 0.2) is 0 Å². The first-order valence-corrected chi connectivity index (χ1v) is 9.61. The van der Waals surface area contributed by atoms with Gasteiger partial charge in [-0.15, -0.1) is 0 Å². The predicted molar refractivity (Wildman–Crippen MR) is 102 cm³/mol. The fraction of sp³-hybridized carbons (Fsp3) is 0.478. The van der Waals surface area contributed by atoms with Crippen molar-refractivity contribution in [2.24, 2.45) is 0 Å². The van der Waals surface area contributed by atoms with Gasteiger partial charge in [0.1, 0.15) is 0 Å². The highest BCUT2D eigenvalue weighted by molar-refractivity contribution is 5.37. The van der Waals surface area contributed by atoms with Gasteiger partial charge in [0.05, 0.1) is 0 Å². The lowest BCUT2D eigenvalue weighted by molar-refractivity contribution is 0.349. The summed E-state index contributed by atoms with van der Waals surface area (Å²) in [5, 5.41) is 3.63. The van der Waals surface area contributed by atoms with Crippen molar-refractivity contribution in [3.63, 3.8) is 0 Å². The first kappa shape index (κ1) is 15.9. The van der Waals surface area contributed by atoms with E-state index >= 15 is 0 Å². The Bertz CT molecular complexity index is 693. The van der Waals surface area contributed by atoms with Crippen molar-refractivity contribution in [2.75, 3.05) is 0 Å². The third-order valence-electron chi connectivity index (χ3n) is 5.79. The van der Waals surface area contributed by atoms with Gasteiger partial charge in [-0.2, -0.15) is 0 Å². The van der Waals surface area contributed by atoms with Gasteiger partial charge in [-0.05, 0) is 65.7 Å². The topological polar surface area (TPSA) is 12.0 Å². The van der Waals surface area contributed by atoms with E-state index in [-0.39, 0.29) is 0 Å². The van der Waals surface area contributed by atoms with Crippen LogP contribution in [0.5, 0.6) is 0 Å². The molecular formula is C23H29N. The van der Waals surface area contributed by atoms with Crippen LogP contribution in [0.1, 0.15) is 79.5 Å². The minimum Gasteiger partial charge on any atom is -0.310 e. The Morgan fingerprint density at radius 2 is 1.75 bits per heavy atom. The SMILES string of the molecule is CC(C)c1ccccc1C1CC(c2cccc(CNC3CC3)c2)C1. The summed E-state index contributed by atoms with van der Waals surface area (Å²) in [6.07, 6.45) is 5.34. The molecule has 0 heterocycles.